The molecule has 1 unspecified atom stereocenters. The molecule has 100 valence electrons. The topological polar surface area (TPSA) is 43.4 Å². The van der Waals surface area contributed by atoms with Crippen LogP contribution in [0.25, 0.3) is 0 Å². The average molecular weight is 268 g/mol. The van der Waals surface area contributed by atoms with Crippen molar-refractivity contribution in [2.75, 3.05) is 12.9 Å². The van der Waals surface area contributed by atoms with E-state index in [4.69, 9.17) is 4.74 Å². The minimum absolute atomic E-state index is 0.0307. The summed E-state index contributed by atoms with van der Waals surface area (Å²) in [6.45, 7) is 7.53. The number of aryl methyl sites for hydroxylation is 1. The maximum atomic E-state index is 12.1. The lowest BCUT2D eigenvalue weighted by Crippen LogP contribution is -2.27. The molecule has 0 fully saturated rings. The van der Waals surface area contributed by atoms with Crippen LogP contribution in [-0.4, -0.2) is 27.6 Å². The summed E-state index contributed by atoms with van der Waals surface area (Å²) in [4.78, 5) is 12.1. The molecule has 0 aromatic heterocycles. The van der Waals surface area contributed by atoms with E-state index in [1.807, 2.05) is 39.8 Å². The molecule has 1 atom stereocenters. The van der Waals surface area contributed by atoms with Crippen LogP contribution < -0.4 is 4.74 Å². The van der Waals surface area contributed by atoms with Crippen molar-refractivity contribution in [3.8, 4) is 5.75 Å². The van der Waals surface area contributed by atoms with Crippen LogP contribution in [0.15, 0.2) is 18.2 Å². The molecule has 0 aliphatic rings. The Kier molecular flexibility index (Phi) is 4.68. The molecule has 1 aromatic rings. The lowest BCUT2D eigenvalue weighted by atomic mass is 10.1. The molecule has 0 aliphatic heterocycles. The first-order valence-corrected chi connectivity index (χ1v) is 7.14. The van der Waals surface area contributed by atoms with E-state index in [2.05, 4.69) is 0 Å². The highest BCUT2D eigenvalue weighted by Crippen LogP contribution is 2.22. The van der Waals surface area contributed by atoms with Gasteiger partial charge in [-0.05, 0) is 45.4 Å². The fourth-order valence-electron chi connectivity index (χ4n) is 1.44. The Morgan fingerprint density at radius 1 is 1.33 bits per heavy atom. The molecular weight excluding hydrogens is 248 g/mol. The molecule has 4 heteroatoms. The first-order chi connectivity index (χ1) is 8.25. The first-order valence-electron chi connectivity index (χ1n) is 5.82. The van der Waals surface area contributed by atoms with E-state index in [0.717, 1.165) is 5.56 Å². The number of carbonyl (C=O) groups is 1. The van der Waals surface area contributed by atoms with Gasteiger partial charge in [0.25, 0.3) is 0 Å². The van der Waals surface area contributed by atoms with E-state index in [1.165, 1.54) is 7.11 Å². The van der Waals surface area contributed by atoms with Crippen molar-refractivity contribution in [1.82, 2.24) is 0 Å². The van der Waals surface area contributed by atoms with Crippen molar-refractivity contribution in [1.29, 1.82) is 0 Å². The van der Waals surface area contributed by atoms with Crippen LogP contribution in [0.1, 0.15) is 36.7 Å². The summed E-state index contributed by atoms with van der Waals surface area (Å²) in [7, 11) is 0.345. The lowest BCUT2D eigenvalue weighted by Gasteiger charge is -2.17. The van der Waals surface area contributed by atoms with Crippen LogP contribution in [0.4, 0.5) is 0 Å². The van der Waals surface area contributed by atoms with Gasteiger partial charge >= 0.3 is 0 Å². The van der Waals surface area contributed by atoms with E-state index in [-0.39, 0.29) is 16.3 Å². The van der Waals surface area contributed by atoms with Crippen LogP contribution in [0.2, 0.25) is 0 Å². The van der Waals surface area contributed by atoms with Gasteiger partial charge in [0.15, 0.2) is 5.78 Å². The molecule has 3 nitrogen and oxygen atoms in total. The van der Waals surface area contributed by atoms with Crippen LogP contribution in [0.5, 0.6) is 5.75 Å². The van der Waals surface area contributed by atoms with Gasteiger partial charge in [-0.2, -0.15) is 0 Å². The van der Waals surface area contributed by atoms with E-state index < -0.39 is 10.8 Å². The molecule has 0 amide bonds. The van der Waals surface area contributed by atoms with Crippen molar-refractivity contribution in [3.63, 3.8) is 0 Å². The number of benzene rings is 1. The first kappa shape index (κ1) is 14.9. The summed E-state index contributed by atoms with van der Waals surface area (Å²) < 4.78 is 16.8. The Morgan fingerprint density at radius 3 is 2.44 bits per heavy atom. The monoisotopic (exact) mass is 268 g/mol. The molecule has 0 radical (unpaired) electrons. The van der Waals surface area contributed by atoms with Crippen molar-refractivity contribution >= 4 is 16.6 Å². The molecule has 0 heterocycles. The lowest BCUT2D eigenvalue weighted by molar-refractivity contribution is 0.101. The van der Waals surface area contributed by atoms with Gasteiger partial charge in [0.05, 0.1) is 18.4 Å². The molecular formula is C14H20O3S. The SMILES string of the molecule is COc1cc(C)ccc1C(=O)CS(=O)C(C)(C)C. The summed E-state index contributed by atoms with van der Waals surface area (Å²) in [5.74, 6) is 0.439. The van der Waals surface area contributed by atoms with Crippen molar-refractivity contribution in [2.24, 2.45) is 0 Å². The third-order valence-corrected chi connectivity index (χ3v) is 4.49. The number of hydrogen-bond acceptors (Lipinski definition) is 3. The van der Waals surface area contributed by atoms with Gasteiger partial charge in [-0.1, -0.05) is 6.07 Å². The average Bonchev–Trinajstić information content (AvgIpc) is 2.27. The zero-order valence-electron chi connectivity index (χ0n) is 11.6. The second-order valence-corrected chi connectivity index (χ2v) is 7.43. The zero-order chi connectivity index (χ0) is 13.9. The maximum absolute atomic E-state index is 12.1. The molecule has 0 N–H and O–H groups in total. The molecule has 0 saturated carbocycles. The number of carbonyl (C=O) groups excluding carboxylic acids is 1. The van der Waals surface area contributed by atoms with Crippen LogP contribution in [0.3, 0.4) is 0 Å². The molecule has 0 bridgehead atoms. The molecule has 0 spiro atoms. The van der Waals surface area contributed by atoms with Crippen LogP contribution >= 0.6 is 0 Å². The Morgan fingerprint density at radius 2 is 1.94 bits per heavy atom. The normalized spacial score (nSPS) is 13.2. The Balaban J connectivity index is 2.95. The molecule has 1 aromatic carbocycles. The highest BCUT2D eigenvalue weighted by atomic mass is 32.2. The minimum Gasteiger partial charge on any atom is -0.496 e. The van der Waals surface area contributed by atoms with Gasteiger partial charge in [-0.3, -0.25) is 9.00 Å². The Labute approximate surface area is 111 Å². The summed E-state index contributed by atoms with van der Waals surface area (Å²) >= 11 is 0. The summed E-state index contributed by atoms with van der Waals surface area (Å²) in [5.41, 5.74) is 1.53. The smallest absolute Gasteiger partial charge is 0.179 e. The van der Waals surface area contributed by atoms with Gasteiger partial charge in [-0.15, -0.1) is 0 Å². The maximum Gasteiger partial charge on any atom is 0.179 e. The third kappa shape index (κ3) is 3.67. The van der Waals surface area contributed by atoms with E-state index in [1.54, 1.807) is 6.07 Å². The van der Waals surface area contributed by atoms with E-state index >= 15 is 0 Å². The highest BCUT2D eigenvalue weighted by Gasteiger charge is 2.23. The summed E-state index contributed by atoms with van der Waals surface area (Å²) in [5, 5.41) is 0. The summed E-state index contributed by atoms with van der Waals surface area (Å²) in [6.07, 6.45) is 0. The second-order valence-electron chi connectivity index (χ2n) is 5.23. The second kappa shape index (κ2) is 5.65. The minimum atomic E-state index is -1.19. The van der Waals surface area contributed by atoms with Gasteiger partial charge in [0, 0.05) is 15.5 Å². The number of ether oxygens (including phenoxy) is 1. The highest BCUT2D eigenvalue weighted by molar-refractivity contribution is 7.87. The third-order valence-electron chi connectivity index (χ3n) is 2.60. The predicted octanol–water partition coefficient (Wildman–Crippen LogP) is 2.73. The number of ketones is 1. The van der Waals surface area contributed by atoms with E-state index in [0.29, 0.717) is 11.3 Å². The number of hydrogen-bond donors (Lipinski definition) is 0. The molecule has 1 rings (SSSR count). The quantitative estimate of drug-likeness (QED) is 0.789. The summed E-state index contributed by atoms with van der Waals surface area (Å²) in [6, 6.07) is 5.40. The van der Waals surface area contributed by atoms with Crippen molar-refractivity contribution in [2.45, 2.75) is 32.4 Å². The predicted molar refractivity (Wildman–Crippen MR) is 74.8 cm³/mol. The van der Waals surface area contributed by atoms with Crippen molar-refractivity contribution < 1.29 is 13.7 Å². The van der Waals surface area contributed by atoms with Crippen LogP contribution in [0, 0.1) is 6.92 Å². The Bertz CT molecular complexity index is 472. The zero-order valence-corrected chi connectivity index (χ0v) is 12.4. The Hall–Kier alpha value is -1.16. The number of methoxy groups -OCH3 is 1. The van der Waals surface area contributed by atoms with Gasteiger partial charge in [0.2, 0.25) is 0 Å². The molecule has 18 heavy (non-hydrogen) atoms. The van der Waals surface area contributed by atoms with Gasteiger partial charge in [-0.25, -0.2) is 0 Å². The van der Waals surface area contributed by atoms with Gasteiger partial charge in [0.1, 0.15) is 5.75 Å². The fraction of sp³-hybridized carbons (Fsp3) is 0.500. The number of Topliss-reactive ketones (excluding diaryl/α,β-unsaturated/α-hetero) is 1. The van der Waals surface area contributed by atoms with E-state index in [9.17, 15) is 9.00 Å². The van der Waals surface area contributed by atoms with Crippen LogP contribution in [-0.2, 0) is 10.8 Å². The standard InChI is InChI=1S/C14H20O3S/c1-10-6-7-11(13(8-10)17-5)12(15)9-18(16)14(2,3)4/h6-8H,9H2,1-5H3. The fourth-order valence-corrected chi connectivity index (χ4v) is 2.27. The molecule has 0 saturated heterocycles. The number of rotatable bonds is 4. The van der Waals surface area contributed by atoms with Crippen molar-refractivity contribution in [3.05, 3.63) is 29.3 Å². The van der Waals surface area contributed by atoms with Gasteiger partial charge < -0.3 is 4.74 Å². The largest absolute Gasteiger partial charge is 0.496 e. The molecule has 0 aliphatic carbocycles.